The molecule has 2 aromatic rings. The number of benzene rings is 2. The van der Waals surface area contributed by atoms with Gasteiger partial charge in [0.15, 0.2) is 0 Å². The minimum absolute atomic E-state index is 0.0263. The molecule has 0 bridgehead atoms. The van der Waals surface area contributed by atoms with Gasteiger partial charge in [0.1, 0.15) is 5.75 Å². The lowest BCUT2D eigenvalue weighted by atomic mass is 9.95. The summed E-state index contributed by atoms with van der Waals surface area (Å²) >= 11 is 5.90. The summed E-state index contributed by atoms with van der Waals surface area (Å²) in [5, 5.41) is 24.1. The quantitative estimate of drug-likeness (QED) is 0.460. The molecule has 0 saturated carbocycles. The number of nitro benzene ring substituents is 1. The zero-order chi connectivity index (χ0) is 19.4. The number of phenolic OH excluding ortho intramolecular Hbond substituents is 1. The lowest BCUT2D eigenvalue weighted by Crippen LogP contribution is -2.37. The number of carbonyl (C=O) groups is 1. The normalized spacial score (nSPS) is 15.4. The molecular weight excluding hydrogens is 370 g/mol. The smallest absolute Gasteiger partial charge is 0.273 e. The number of hydrogen-bond donors (Lipinski definition) is 2. The second-order valence-corrected chi connectivity index (χ2v) is 7.02. The molecule has 0 aromatic heterocycles. The Balaban J connectivity index is 1.57. The molecule has 0 atom stereocenters. The van der Waals surface area contributed by atoms with Crippen LogP contribution in [0, 0.1) is 16.0 Å². The van der Waals surface area contributed by atoms with Gasteiger partial charge in [-0.3, -0.25) is 19.8 Å². The number of aromatic hydroxyl groups is 1. The summed E-state index contributed by atoms with van der Waals surface area (Å²) in [6.45, 7) is 1.83. The van der Waals surface area contributed by atoms with E-state index in [2.05, 4.69) is 10.2 Å². The maximum absolute atomic E-state index is 12.5. The first-order valence-electron chi connectivity index (χ1n) is 8.68. The summed E-state index contributed by atoms with van der Waals surface area (Å²) in [4.78, 5) is 25.3. The highest BCUT2D eigenvalue weighted by Gasteiger charge is 2.26. The topological polar surface area (TPSA) is 95.7 Å². The van der Waals surface area contributed by atoms with Crippen LogP contribution < -0.4 is 5.32 Å². The van der Waals surface area contributed by atoms with Crippen molar-refractivity contribution in [2.24, 2.45) is 5.92 Å². The highest BCUT2D eigenvalue weighted by atomic mass is 35.5. The molecule has 1 fully saturated rings. The van der Waals surface area contributed by atoms with E-state index in [0.717, 1.165) is 0 Å². The van der Waals surface area contributed by atoms with Crippen LogP contribution in [0.1, 0.15) is 18.4 Å². The lowest BCUT2D eigenvalue weighted by Gasteiger charge is -2.31. The fourth-order valence-electron chi connectivity index (χ4n) is 3.26. The van der Waals surface area contributed by atoms with Gasteiger partial charge in [0.05, 0.1) is 10.6 Å². The van der Waals surface area contributed by atoms with Crippen LogP contribution in [0.25, 0.3) is 0 Å². The molecule has 1 aliphatic heterocycles. The number of hydrogen-bond acceptors (Lipinski definition) is 5. The minimum atomic E-state index is -0.368. The molecule has 0 spiro atoms. The van der Waals surface area contributed by atoms with E-state index >= 15 is 0 Å². The molecule has 1 aliphatic rings. The van der Waals surface area contributed by atoms with Crippen LogP contribution in [-0.4, -0.2) is 33.9 Å². The third-order valence-corrected chi connectivity index (χ3v) is 4.99. The number of rotatable bonds is 5. The van der Waals surface area contributed by atoms with Crippen molar-refractivity contribution in [3.63, 3.8) is 0 Å². The number of piperidine rings is 1. The molecule has 2 aromatic carbocycles. The Labute approximate surface area is 161 Å². The fraction of sp³-hybridized carbons (Fsp3) is 0.316. The number of phenols is 1. The first-order chi connectivity index (χ1) is 12.9. The second-order valence-electron chi connectivity index (χ2n) is 6.59. The van der Waals surface area contributed by atoms with Gasteiger partial charge in [0.2, 0.25) is 5.91 Å². The van der Waals surface area contributed by atoms with Crippen LogP contribution >= 0.6 is 11.6 Å². The third kappa shape index (κ3) is 4.75. The van der Waals surface area contributed by atoms with Crippen LogP contribution in [0.2, 0.25) is 5.02 Å². The average Bonchev–Trinajstić information content (AvgIpc) is 2.65. The Morgan fingerprint density at radius 2 is 1.96 bits per heavy atom. The van der Waals surface area contributed by atoms with E-state index in [9.17, 15) is 20.0 Å². The number of nitrogens with zero attached hydrogens (tertiary/aromatic N) is 2. The Morgan fingerprint density at radius 1 is 1.26 bits per heavy atom. The van der Waals surface area contributed by atoms with Crippen LogP contribution in [0.4, 0.5) is 11.4 Å². The van der Waals surface area contributed by atoms with Gasteiger partial charge in [-0.2, -0.15) is 0 Å². The van der Waals surface area contributed by atoms with Crippen molar-refractivity contribution in [3.8, 4) is 5.75 Å². The van der Waals surface area contributed by atoms with E-state index < -0.39 is 0 Å². The Morgan fingerprint density at radius 3 is 2.67 bits per heavy atom. The van der Waals surface area contributed by atoms with Crippen LogP contribution in [0.3, 0.4) is 0 Å². The van der Waals surface area contributed by atoms with Gasteiger partial charge in [-0.15, -0.1) is 0 Å². The highest BCUT2D eigenvalue weighted by molar-refractivity contribution is 6.31. The maximum atomic E-state index is 12.5. The van der Waals surface area contributed by atoms with E-state index in [0.29, 0.717) is 48.7 Å². The van der Waals surface area contributed by atoms with Gasteiger partial charge in [-0.05, 0) is 44.1 Å². The highest BCUT2D eigenvalue weighted by Crippen LogP contribution is 2.29. The number of halogens is 1. The van der Waals surface area contributed by atoms with Crippen molar-refractivity contribution in [3.05, 3.63) is 63.2 Å². The third-order valence-electron chi connectivity index (χ3n) is 4.76. The number of nitro groups is 1. The molecule has 0 radical (unpaired) electrons. The molecule has 1 heterocycles. The second kappa shape index (κ2) is 8.37. The molecule has 7 nitrogen and oxygen atoms in total. The van der Waals surface area contributed by atoms with E-state index in [1.54, 1.807) is 24.3 Å². The van der Waals surface area contributed by atoms with Gasteiger partial charge >= 0.3 is 0 Å². The summed E-state index contributed by atoms with van der Waals surface area (Å²) in [5.74, 6) is -0.357. The number of anilines is 1. The van der Waals surface area contributed by atoms with Crippen molar-refractivity contribution in [2.45, 2.75) is 19.4 Å². The number of likely N-dealkylation sites (tertiary alicyclic amines) is 1. The van der Waals surface area contributed by atoms with Gasteiger partial charge in [-0.25, -0.2) is 0 Å². The van der Waals surface area contributed by atoms with Crippen LogP contribution in [0.15, 0.2) is 42.5 Å². The fourth-order valence-corrected chi connectivity index (χ4v) is 3.43. The molecule has 2 N–H and O–H groups in total. The van der Waals surface area contributed by atoms with Crippen molar-refractivity contribution in [2.75, 3.05) is 18.4 Å². The van der Waals surface area contributed by atoms with Crippen molar-refractivity contribution in [1.29, 1.82) is 0 Å². The molecule has 0 unspecified atom stereocenters. The number of nitrogens with one attached hydrogen (secondary N) is 1. The van der Waals surface area contributed by atoms with Crippen LogP contribution in [-0.2, 0) is 11.3 Å². The monoisotopic (exact) mass is 389 g/mol. The van der Waals surface area contributed by atoms with E-state index in [1.807, 2.05) is 0 Å². The van der Waals surface area contributed by atoms with Crippen molar-refractivity contribution < 1.29 is 14.8 Å². The van der Waals surface area contributed by atoms with Gasteiger partial charge < -0.3 is 10.4 Å². The Kier molecular flexibility index (Phi) is 5.93. The Hall–Kier alpha value is -2.64. The largest absolute Gasteiger partial charge is 0.506 e. The number of amides is 1. The lowest BCUT2D eigenvalue weighted by molar-refractivity contribution is -0.385. The first-order valence-corrected chi connectivity index (χ1v) is 9.06. The van der Waals surface area contributed by atoms with Crippen molar-refractivity contribution in [1.82, 2.24) is 4.90 Å². The molecule has 142 valence electrons. The van der Waals surface area contributed by atoms with E-state index in [1.165, 1.54) is 18.2 Å². The molecule has 0 aliphatic carbocycles. The number of para-hydroxylation sites is 1. The predicted molar refractivity (Wildman–Crippen MR) is 103 cm³/mol. The Bertz CT molecular complexity index is 851. The molecule has 1 amide bonds. The van der Waals surface area contributed by atoms with Crippen molar-refractivity contribution >= 4 is 28.9 Å². The molecule has 3 rings (SSSR count). The first kappa shape index (κ1) is 19.1. The van der Waals surface area contributed by atoms with E-state index in [-0.39, 0.29) is 28.2 Å². The standard InChI is InChI=1S/C19H20ClN3O4/c20-15-5-6-18(24)16(11-15)21-19(25)13-7-9-22(10-8-13)12-14-3-1-2-4-17(14)23(26)27/h1-6,11,13,24H,7-10,12H2,(H,21,25). The van der Waals surface area contributed by atoms with Gasteiger partial charge in [0, 0.05) is 29.1 Å². The number of carbonyl (C=O) groups excluding carboxylic acids is 1. The zero-order valence-electron chi connectivity index (χ0n) is 14.6. The summed E-state index contributed by atoms with van der Waals surface area (Å²) in [6.07, 6.45) is 1.29. The van der Waals surface area contributed by atoms with Gasteiger partial charge in [0.25, 0.3) is 5.69 Å². The minimum Gasteiger partial charge on any atom is -0.506 e. The van der Waals surface area contributed by atoms with Gasteiger partial charge in [-0.1, -0.05) is 29.8 Å². The SMILES string of the molecule is O=C(Nc1cc(Cl)ccc1O)C1CCN(Cc2ccccc2[N+](=O)[O-])CC1. The average molecular weight is 390 g/mol. The summed E-state index contributed by atoms with van der Waals surface area (Å²) in [6, 6.07) is 11.2. The maximum Gasteiger partial charge on any atom is 0.273 e. The molecular formula is C19H20ClN3O4. The predicted octanol–water partition coefficient (Wildman–Crippen LogP) is 3.80. The summed E-state index contributed by atoms with van der Waals surface area (Å²) in [7, 11) is 0. The summed E-state index contributed by atoms with van der Waals surface area (Å²) < 4.78 is 0. The molecule has 1 saturated heterocycles. The van der Waals surface area contributed by atoms with E-state index in [4.69, 9.17) is 11.6 Å². The summed E-state index contributed by atoms with van der Waals surface area (Å²) in [5.41, 5.74) is 1.10. The molecule has 27 heavy (non-hydrogen) atoms. The molecule has 8 heteroatoms. The zero-order valence-corrected chi connectivity index (χ0v) is 15.4. The van der Waals surface area contributed by atoms with Crippen LogP contribution in [0.5, 0.6) is 5.75 Å².